The molecule has 148 valence electrons. The van der Waals surface area contributed by atoms with Crippen LogP contribution in [0.25, 0.3) is 16.7 Å². The normalized spacial score (nSPS) is 11.6. The largest absolute Gasteiger partial charge is 0.352 e. The number of hydrogen-bond acceptors (Lipinski definition) is 4. The Hall–Kier alpha value is -3.55. The monoisotopic (exact) mass is 394 g/mol. The fraction of sp³-hybridized carbons (Fsp3) is 0.238. The smallest absolute Gasteiger partial charge is 0.292 e. The van der Waals surface area contributed by atoms with Gasteiger partial charge in [-0.05, 0) is 42.3 Å². The number of halogens is 1. The molecule has 0 radical (unpaired) electrons. The molecule has 0 aliphatic carbocycles. The molecule has 0 aliphatic heterocycles. The van der Waals surface area contributed by atoms with Crippen molar-refractivity contribution in [1.29, 1.82) is 0 Å². The summed E-state index contributed by atoms with van der Waals surface area (Å²) < 4.78 is 17.0. The second-order valence-corrected chi connectivity index (χ2v) is 7.33. The Labute approximate surface area is 164 Å². The summed E-state index contributed by atoms with van der Waals surface area (Å²) in [6, 6.07) is 11.9. The van der Waals surface area contributed by atoms with E-state index in [1.54, 1.807) is 24.3 Å². The van der Waals surface area contributed by atoms with E-state index in [0.717, 1.165) is 4.68 Å². The SMILES string of the molecule is CC(C)Cn1c(=O)c2ccccc2n2c(=O)n(CC(=O)c3ccc(F)cc3)nc12. The lowest BCUT2D eigenvalue weighted by Crippen LogP contribution is -2.28. The Morgan fingerprint density at radius 3 is 2.45 bits per heavy atom. The summed E-state index contributed by atoms with van der Waals surface area (Å²) in [6.07, 6.45) is 0. The third-order valence-electron chi connectivity index (χ3n) is 4.69. The number of para-hydroxylation sites is 1. The number of fused-ring (bicyclic) bond motifs is 3. The van der Waals surface area contributed by atoms with Crippen LogP contribution in [0.4, 0.5) is 4.39 Å². The van der Waals surface area contributed by atoms with Crippen molar-refractivity contribution >= 4 is 22.5 Å². The predicted molar refractivity (Wildman–Crippen MR) is 107 cm³/mol. The predicted octanol–water partition coefficient (Wildman–Crippen LogP) is 2.49. The van der Waals surface area contributed by atoms with Crippen molar-refractivity contribution in [3.63, 3.8) is 0 Å². The van der Waals surface area contributed by atoms with Gasteiger partial charge in [-0.3, -0.25) is 14.2 Å². The maximum Gasteiger partial charge on any atom is 0.352 e. The maximum atomic E-state index is 13.1. The zero-order chi connectivity index (χ0) is 20.7. The fourth-order valence-corrected chi connectivity index (χ4v) is 3.36. The first-order valence-electron chi connectivity index (χ1n) is 9.26. The molecular formula is C21H19FN4O3. The standard InChI is InChI=1S/C21H19FN4O3/c1-13(2)11-24-19(28)16-5-3-4-6-17(16)26-20(24)23-25(21(26)29)12-18(27)14-7-9-15(22)10-8-14/h3-10,13H,11-12H2,1-2H3. The molecule has 0 atom stereocenters. The molecule has 0 N–H and O–H groups in total. The second kappa shape index (κ2) is 7.12. The van der Waals surface area contributed by atoms with Crippen LogP contribution in [-0.4, -0.2) is 24.5 Å². The summed E-state index contributed by atoms with van der Waals surface area (Å²) in [5.74, 6) is -0.480. The molecule has 0 amide bonds. The van der Waals surface area contributed by atoms with Gasteiger partial charge in [0.25, 0.3) is 5.56 Å². The first-order valence-corrected chi connectivity index (χ1v) is 9.26. The number of hydrogen-bond donors (Lipinski definition) is 0. The second-order valence-electron chi connectivity index (χ2n) is 7.33. The number of carbonyl (C=O) groups is 1. The van der Waals surface area contributed by atoms with E-state index in [4.69, 9.17) is 0 Å². The van der Waals surface area contributed by atoms with Gasteiger partial charge in [0.05, 0.1) is 10.9 Å². The van der Waals surface area contributed by atoms with Crippen molar-refractivity contribution in [2.24, 2.45) is 5.92 Å². The molecule has 0 aliphatic rings. The van der Waals surface area contributed by atoms with Crippen molar-refractivity contribution in [2.45, 2.75) is 26.9 Å². The van der Waals surface area contributed by atoms with Crippen molar-refractivity contribution in [3.05, 3.63) is 80.7 Å². The topological polar surface area (TPSA) is 78.4 Å². The van der Waals surface area contributed by atoms with Crippen molar-refractivity contribution < 1.29 is 9.18 Å². The average Bonchev–Trinajstić information content (AvgIpc) is 3.01. The Bertz CT molecular complexity index is 1350. The van der Waals surface area contributed by atoms with Gasteiger partial charge in [0.2, 0.25) is 5.78 Å². The van der Waals surface area contributed by atoms with Crippen LogP contribution >= 0.6 is 0 Å². The van der Waals surface area contributed by atoms with E-state index in [1.165, 1.54) is 33.2 Å². The van der Waals surface area contributed by atoms with E-state index in [2.05, 4.69) is 5.10 Å². The first kappa shape index (κ1) is 18.8. The zero-order valence-electron chi connectivity index (χ0n) is 16.0. The molecule has 7 nitrogen and oxygen atoms in total. The van der Waals surface area contributed by atoms with Crippen LogP contribution < -0.4 is 11.2 Å². The number of ketones is 1. The van der Waals surface area contributed by atoms with E-state index >= 15 is 0 Å². The summed E-state index contributed by atoms with van der Waals surface area (Å²) >= 11 is 0. The van der Waals surface area contributed by atoms with Crippen LogP contribution in [0.1, 0.15) is 24.2 Å². The summed E-state index contributed by atoms with van der Waals surface area (Å²) in [5.41, 5.74) is -0.0225. The van der Waals surface area contributed by atoms with Gasteiger partial charge in [-0.1, -0.05) is 26.0 Å². The Morgan fingerprint density at radius 2 is 1.76 bits per heavy atom. The van der Waals surface area contributed by atoms with Crippen molar-refractivity contribution in [1.82, 2.24) is 18.7 Å². The van der Waals surface area contributed by atoms with E-state index in [1.807, 2.05) is 13.8 Å². The molecule has 4 rings (SSSR count). The van der Waals surface area contributed by atoms with E-state index in [9.17, 15) is 18.8 Å². The molecule has 0 fully saturated rings. The number of aromatic nitrogens is 4. The maximum absolute atomic E-state index is 13.1. The Balaban J connectivity index is 1.91. The third-order valence-corrected chi connectivity index (χ3v) is 4.69. The highest BCUT2D eigenvalue weighted by molar-refractivity contribution is 5.95. The average molecular weight is 394 g/mol. The van der Waals surface area contributed by atoms with Crippen LogP contribution in [-0.2, 0) is 13.1 Å². The highest BCUT2D eigenvalue weighted by Crippen LogP contribution is 2.12. The number of rotatable bonds is 5. The van der Waals surface area contributed by atoms with Gasteiger partial charge in [-0.2, -0.15) is 0 Å². The summed E-state index contributed by atoms with van der Waals surface area (Å²) in [7, 11) is 0. The number of nitrogens with zero attached hydrogens (tertiary/aromatic N) is 4. The minimum Gasteiger partial charge on any atom is -0.292 e. The van der Waals surface area contributed by atoms with E-state index < -0.39 is 11.5 Å². The summed E-state index contributed by atoms with van der Waals surface area (Å²) in [5, 5.41) is 4.70. The van der Waals surface area contributed by atoms with Crippen LogP contribution in [0.15, 0.2) is 58.1 Å². The van der Waals surface area contributed by atoms with Crippen LogP contribution in [0.3, 0.4) is 0 Å². The molecular weight excluding hydrogens is 375 g/mol. The lowest BCUT2D eigenvalue weighted by molar-refractivity contribution is 0.0966. The molecule has 4 aromatic rings. The van der Waals surface area contributed by atoms with Crippen LogP contribution in [0.2, 0.25) is 0 Å². The van der Waals surface area contributed by atoms with Gasteiger partial charge in [0.1, 0.15) is 12.4 Å². The van der Waals surface area contributed by atoms with E-state index in [-0.39, 0.29) is 35.1 Å². The van der Waals surface area contributed by atoms with Gasteiger partial charge in [0.15, 0.2) is 5.78 Å². The molecule has 8 heteroatoms. The summed E-state index contributed by atoms with van der Waals surface area (Å²) in [4.78, 5) is 38.6. The van der Waals surface area contributed by atoms with Gasteiger partial charge in [-0.25, -0.2) is 18.3 Å². The Kier molecular flexibility index (Phi) is 4.62. The summed E-state index contributed by atoms with van der Waals surface area (Å²) in [6.45, 7) is 4.00. The number of Topliss-reactive ketones (excluding diaryl/α,β-unsaturated/α-hetero) is 1. The third kappa shape index (κ3) is 3.26. The van der Waals surface area contributed by atoms with Crippen LogP contribution in [0.5, 0.6) is 0 Å². The Morgan fingerprint density at radius 1 is 1.07 bits per heavy atom. The molecule has 29 heavy (non-hydrogen) atoms. The molecule has 0 bridgehead atoms. The highest BCUT2D eigenvalue weighted by atomic mass is 19.1. The minimum atomic E-state index is -0.510. The van der Waals surface area contributed by atoms with Crippen molar-refractivity contribution in [2.75, 3.05) is 0 Å². The number of carbonyl (C=O) groups excluding carboxylic acids is 1. The van der Waals surface area contributed by atoms with Crippen LogP contribution in [0, 0.1) is 11.7 Å². The molecule has 2 aromatic heterocycles. The van der Waals surface area contributed by atoms with E-state index in [0.29, 0.717) is 17.4 Å². The molecule has 0 saturated carbocycles. The fourth-order valence-electron chi connectivity index (χ4n) is 3.36. The highest BCUT2D eigenvalue weighted by Gasteiger charge is 2.19. The molecule has 0 spiro atoms. The molecule has 2 heterocycles. The van der Waals surface area contributed by atoms with Gasteiger partial charge < -0.3 is 0 Å². The molecule has 0 unspecified atom stereocenters. The quantitative estimate of drug-likeness (QED) is 0.487. The zero-order valence-corrected chi connectivity index (χ0v) is 16.0. The first-order chi connectivity index (χ1) is 13.9. The number of benzene rings is 2. The molecule has 0 saturated heterocycles. The van der Waals surface area contributed by atoms with Gasteiger partial charge in [0, 0.05) is 12.1 Å². The minimum absolute atomic E-state index is 0.152. The van der Waals surface area contributed by atoms with Crippen molar-refractivity contribution in [3.8, 4) is 0 Å². The van der Waals surface area contributed by atoms with Gasteiger partial charge in [-0.15, -0.1) is 5.10 Å². The molecule has 2 aromatic carbocycles. The lowest BCUT2D eigenvalue weighted by Gasteiger charge is -2.11. The van der Waals surface area contributed by atoms with Gasteiger partial charge >= 0.3 is 5.69 Å². The lowest BCUT2D eigenvalue weighted by atomic mass is 10.1.